The van der Waals surface area contributed by atoms with E-state index in [-0.39, 0.29) is 10.9 Å². The lowest BCUT2D eigenvalue weighted by atomic mass is 9.92. The molecule has 5 nitrogen and oxygen atoms in total. The second kappa shape index (κ2) is 5.90. The Morgan fingerprint density at radius 1 is 1.21 bits per heavy atom. The van der Waals surface area contributed by atoms with Crippen molar-refractivity contribution in [3.05, 3.63) is 24.3 Å². The Labute approximate surface area is 114 Å². The molecule has 2 unspecified atom stereocenters. The summed E-state index contributed by atoms with van der Waals surface area (Å²) >= 11 is 0. The van der Waals surface area contributed by atoms with Crippen molar-refractivity contribution in [1.82, 2.24) is 4.72 Å². The van der Waals surface area contributed by atoms with Crippen LogP contribution in [0.5, 0.6) is 0 Å². The molecule has 106 valence electrons. The van der Waals surface area contributed by atoms with E-state index in [9.17, 15) is 13.5 Å². The number of sulfonamides is 1. The number of benzene rings is 1. The number of aliphatic hydroxyl groups excluding tert-OH is 1. The SMILES string of the molecule is CNS(=O)(=O)c1ccccc1NC1CCCCC1O. The van der Waals surface area contributed by atoms with Crippen LogP contribution in [0.15, 0.2) is 29.2 Å². The molecule has 1 saturated carbocycles. The summed E-state index contributed by atoms with van der Waals surface area (Å²) in [6.45, 7) is 0. The van der Waals surface area contributed by atoms with Gasteiger partial charge in [-0.1, -0.05) is 25.0 Å². The topological polar surface area (TPSA) is 78.4 Å². The van der Waals surface area contributed by atoms with E-state index >= 15 is 0 Å². The van der Waals surface area contributed by atoms with Gasteiger partial charge in [0.2, 0.25) is 10.0 Å². The highest BCUT2D eigenvalue weighted by atomic mass is 32.2. The van der Waals surface area contributed by atoms with Gasteiger partial charge in [0, 0.05) is 0 Å². The Kier molecular flexibility index (Phi) is 4.44. The molecule has 0 aromatic heterocycles. The first-order valence-corrected chi connectivity index (χ1v) is 8.00. The molecule has 6 heteroatoms. The smallest absolute Gasteiger partial charge is 0.242 e. The van der Waals surface area contributed by atoms with E-state index < -0.39 is 16.1 Å². The van der Waals surface area contributed by atoms with Crippen LogP contribution in [0.4, 0.5) is 5.69 Å². The minimum atomic E-state index is -3.49. The van der Waals surface area contributed by atoms with Gasteiger partial charge in [0.25, 0.3) is 0 Å². The molecule has 0 amide bonds. The number of nitrogens with one attached hydrogen (secondary N) is 2. The summed E-state index contributed by atoms with van der Waals surface area (Å²) in [4.78, 5) is 0.218. The van der Waals surface area contributed by atoms with Crippen molar-refractivity contribution in [2.45, 2.75) is 42.7 Å². The van der Waals surface area contributed by atoms with E-state index in [1.807, 2.05) is 0 Å². The van der Waals surface area contributed by atoms with Gasteiger partial charge in [0.15, 0.2) is 0 Å². The summed E-state index contributed by atoms with van der Waals surface area (Å²) in [6.07, 6.45) is 3.28. The number of hydrogen-bond donors (Lipinski definition) is 3. The third kappa shape index (κ3) is 3.26. The van der Waals surface area contributed by atoms with E-state index in [4.69, 9.17) is 0 Å². The van der Waals surface area contributed by atoms with Crippen molar-refractivity contribution in [3.63, 3.8) is 0 Å². The van der Waals surface area contributed by atoms with E-state index in [1.165, 1.54) is 7.05 Å². The largest absolute Gasteiger partial charge is 0.391 e. The lowest BCUT2D eigenvalue weighted by molar-refractivity contribution is 0.116. The van der Waals surface area contributed by atoms with Crippen LogP contribution >= 0.6 is 0 Å². The normalized spacial score (nSPS) is 24.1. The monoisotopic (exact) mass is 284 g/mol. The molecule has 2 rings (SSSR count). The Morgan fingerprint density at radius 2 is 1.89 bits per heavy atom. The van der Waals surface area contributed by atoms with Crippen molar-refractivity contribution >= 4 is 15.7 Å². The lowest BCUT2D eigenvalue weighted by Crippen LogP contribution is -2.37. The van der Waals surface area contributed by atoms with Crippen molar-refractivity contribution in [3.8, 4) is 0 Å². The van der Waals surface area contributed by atoms with Crippen LogP contribution in [-0.4, -0.2) is 32.7 Å². The third-order valence-electron chi connectivity index (χ3n) is 3.52. The zero-order chi connectivity index (χ0) is 13.9. The molecule has 1 aromatic rings. The maximum atomic E-state index is 11.9. The van der Waals surface area contributed by atoms with Gasteiger partial charge in [-0.05, 0) is 32.0 Å². The fraction of sp³-hybridized carbons (Fsp3) is 0.538. The predicted molar refractivity (Wildman–Crippen MR) is 74.6 cm³/mol. The van der Waals surface area contributed by atoms with Gasteiger partial charge in [0.05, 0.1) is 17.8 Å². The molecule has 0 radical (unpaired) electrons. The minimum Gasteiger partial charge on any atom is -0.391 e. The number of hydrogen-bond acceptors (Lipinski definition) is 4. The van der Waals surface area contributed by atoms with Gasteiger partial charge in [0.1, 0.15) is 4.90 Å². The zero-order valence-electron chi connectivity index (χ0n) is 11.0. The van der Waals surface area contributed by atoms with Gasteiger partial charge in [-0.15, -0.1) is 0 Å². The summed E-state index contributed by atoms with van der Waals surface area (Å²) in [5.41, 5.74) is 0.544. The number of para-hydroxylation sites is 1. The van der Waals surface area contributed by atoms with Gasteiger partial charge in [-0.3, -0.25) is 0 Å². The average molecular weight is 284 g/mol. The minimum absolute atomic E-state index is 0.0815. The van der Waals surface area contributed by atoms with E-state index in [2.05, 4.69) is 10.0 Å². The Morgan fingerprint density at radius 3 is 2.58 bits per heavy atom. The summed E-state index contributed by atoms with van der Waals surface area (Å²) in [6, 6.07) is 6.68. The Bertz CT molecular complexity index is 530. The molecule has 0 spiro atoms. The summed E-state index contributed by atoms with van der Waals surface area (Å²) in [5, 5.41) is 13.1. The van der Waals surface area contributed by atoms with Gasteiger partial charge >= 0.3 is 0 Å². The first-order chi connectivity index (χ1) is 9.04. The van der Waals surface area contributed by atoms with E-state index in [0.29, 0.717) is 5.69 Å². The van der Waals surface area contributed by atoms with Gasteiger partial charge < -0.3 is 10.4 Å². The molecule has 1 aromatic carbocycles. The fourth-order valence-electron chi connectivity index (χ4n) is 2.41. The lowest BCUT2D eigenvalue weighted by Gasteiger charge is -2.29. The van der Waals surface area contributed by atoms with Crippen LogP contribution in [0.3, 0.4) is 0 Å². The van der Waals surface area contributed by atoms with Crippen LogP contribution in [0, 0.1) is 0 Å². The molecule has 0 aliphatic heterocycles. The van der Waals surface area contributed by atoms with Crippen molar-refractivity contribution in [2.75, 3.05) is 12.4 Å². The molecule has 0 heterocycles. The van der Waals surface area contributed by atoms with Crippen molar-refractivity contribution < 1.29 is 13.5 Å². The summed E-state index contributed by atoms with van der Waals surface area (Å²) in [5.74, 6) is 0. The van der Waals surface area contributed by atoms with Crippen LogP contribution in [0.1, 0.15) is 25.7 Å². The number of rotatable bonds is 4. The molecule has 0 bridgehead atoms. The Balaban J connectivity index is 2.25. The highest BCUT2D eigenvalue weighted by molar-refractivity contribution is 7.89. The highest BCUT2D eigenvalue weighted by Crippen LogP contribution is 2.26. The fourth-order valence-corrected chi connectivity index (χ4v) is 3.30. The van der Waals surface area contributed by atoms with Gasteiger partial charge in [-0.25, -0.2) is 13.1 Å². The molecule has 0 saturated heterocycles. The van der Waals surface area contributed by atoms with Crippen molar-refractivity contribution in [2.24, 2.45) is 0 Å². The molecule has 1 aliphatic carbocycles. The van der Waals surface area contributed by atoms with E-state index in [0.717, 1.165) is 25.7 Å². The summed E-state index contributed by atoms with van der Waals surface area (Å²) in [7, 11) is -2.10. The van der Waals surface area contributed by atoms with Gasteiger partial charge in [-0.2, -0.15) is 0 Å². The molecular weight excluding hydrogens is 264 g/mol. The van der Waals surface area contributed by atoms with Crippen LogP contribution in [0.25, 0.3) is 0 Å². The van der Waals surface area contributed by atoms with Crippen LogP contribution < -0.4 is 10.0 Å². The maximum absolute atomic E-state index is 11.9. The highest BCUT2D eigenvalue weighted by Gasteiger charge is 2.25. The molecule has 1 fully saturated rings. The zero-order valence-corrected chi connectivity index (χ0v) is 11.8. The number of aliphatic hydroxyl groups is 1. The van der Waals surface area contributed by atoms with Crippen LogP contribution in [-0.2, 0) is 10.0 Å². The Hall–Kier alpha value is -1.11. The first-order valence-electron chi connectivity index (χ1n) is 6.52. The average Bonchev–Trinajstić information content (AvgIpc) is 2.42. The van der Waals surface area contributed by atoms with E-state index in [1.54, 1.807) is 24.3 Å². The number of anilines is 1. The molecule has 1 aliphatic rings. The second-order valence-electron chi connectivity index (χ2n) is 4.81. The predicted octanol–water partition coefficient (Wildman–Crippen LogP) is 1.31. The second-order valence-corrected chi connectivity index (χ2v) is 6.66. The third-order valence-corrected chi connectivity index (χ3v) is 4.99. The molecular formula is C13H20N2O3S. The molecule has 2 atom stereocenters. The quantitative estimate of drug-likeness (QED) is 0.779. The first kappa shape index (κ1) is 14.3. The summed E-state index contributed by atoms with van der Waals surface area (Å²) < 4.78 is 26.2. The maximum Gasteiger partial charge on any atom is 0.242 e. The standard InChI is InChI=1S/C13H20N2O3S/c1-14-19(17,18)13-9-5-3-7-11(13)15-10-6-2-4-8-12(10)16/h3,5,7,9-10,12,14-16H,2,4,6,8H2,1H3. The van der Waals surface area contributed by atoms with Crippen molar-refractivity contribution in [1.29, 1.82) is 0 Å². The molecule has 19 heavy (non-hydrogen) atoms. The van der Waals surface area contributed by atoms with Crippen LogP contribution in [0.2, 0.25) is 0 Å². The molecule has 3 N–H and O–H groups in total.